The maximum Gasteiger partial charge on any atom is 0.180 e. The molecule has 0 aliphatic rings. The van der Waals surface area contributed by atoms with Crippen LogP contribution < -0.4 is 10.5 Å². The first-order valence-electron chi connectivity index (χ1n) is 4.74. The van der Waals surface area contributed by atoms with Gasteiger partial charge in [-0.1, -0.05) is 0 Å². The Morgan fingerprint density at radius 2 is 2.07 bits per heavy atom. The molecule has 0 spiro atoms. The Balaban J connectivity index is 2.23. The highest BCUT2D eigenvalue weighted by molar-refractivity contribution is 7.13. The average molecular weight is 220 g/mol. The summed E-state index contributed by atoms with van der Waals surface area (Å²) < 4.78 is 5.36. The zero-order valence-corrected chi connectivity index (χ0v) is 9.25. The third-order valence-corrected chi connectivity index (χ3v) is 2.66. The smallest absolute Gasteiger partial charge is 0.180 e. The highest BCUT2D eigenvalue weighted by atomic mass is 32.1. The fourth-order valence-corrected chi connectivity index (χ4v) is 1.88. The van der Waals surface area contributed by atoms with Crippen molar-refractivity contribution in [3.05, 3.63) is 29.6 Å². The number of anilines is 1. The summed E-state index contributed by atoms with van der Waals surface area (Å²) in [6, 6.07) is 7.85. The molecule has 0 radical (unpaired) electrons. The molecular weight excluding hydrogens is 208 g/mol. The maximum absolute atomic E-state index is 5.58. The molecule has 2 rings (SSSR count). The predicted octanol–water partition coefficient (Wildman–Crippen LogP) is 2.79. The number of benzene rings is 1. The molecule has 2 aromatic rings. The van der Waals surface area contributed by atoms with Crippen molar-refractivity contribution in [2.24, 2.45) is 0 Å². The lowest BCUT2D eigenvalue weighted by atomic mass is 10.2. The molecule has 1 aromatic heterocycles. The van der Waals surface area contributed by atoms with E-state index >= 15 is 0 Å². The van der Waals surface area contributed by atoms with Crippen molar-refractivity contribution >= 4 is 16.5 Å². The number of hydrogen-bond donors (Lipinski definition) is 1. The largest absolute Gasteiger partial charge is 0.494 e. The summed E-state index contributed by atoms with van der Waals surface area (Å²) in [6.45, 7) is 2.65. The van der Waals surface area contributed by atoms with E-state index in [-0.39, 0.29) is 0 Å². The molecule has 2 N–H and O–H groups in total. The van der Waals surface area contributed by atoms with Gasteiger partial charge in [-0.15, -0.1) is 11.3 Å². The van der Waals surface area contributed by atoms with Gasteiger partial charge in [-0.25, -0.2) is 4.98 Å². The van der Waals surface area contributed by atoms with Crippen molar-refractivity contribution in [3.8, 4) is 17.0 Å². The lowest BCUT2D eigenvalue weighted by Crippen LogP contribution is -1.90. The number of nitrogens with zero attached hydrogens (tertiary/aromatic N) is 1. The number of ether oxygens (including phenoxy) is 1. The van der Waals surface area contributed by atoms with Crippen LogP contribution in [-0.4, -0.2) is 11.6 Å². The number of hydrogen-bond acceptors (Lipinski definition) is 4. The number of nitrogen functional groups attached to an aromatic ring is 1. The Morgan fingerprint density at radius 1 is 1.33 bits per heavy atom. The molecule has 4 heteroatoms. The minimum atomic E-state index is 0.596. The van der Waals surface area contributed by atoms with Gasteiger partial charge < -0.3 is 10.5 Å². The van der Waals surface area contributed by atoms with Gasteiger partial charge in [0.05, 0.1) is 12.3 Å². The normalized spacial score (nSPS) is 10.2. The van der Waals surface area contributed by atoms with E-state index in [0.29, 0.717) is 11.7 Å². The van der Waals surface area contributed by atoms with Gasteiger partial charge in [-0.05, 0) is 31.2 Å². The summed E-state index contributed by atoms with van der Waals surface area (Å²) in [5.41, 5.74) is 7.55. The van der Waals surface area contributed by atoms with Crippen molar-refractivity contribution in [3.63, 3.8) is 0 Å². The third-order valence-electron chi connectivity index (χ3n) is 1.98. The Kier molecular flexibility index (Phi) is 2.87. The second-order valence-corrected chi connectivity index (χ2v) is 3.92. The van der Waals surface area contributed by atoms with E-state index in [1.165, 1.54) is 11.3 Å². The fraction of sp³-hybridized carbons (Fsp3) is 0.182. The van der Waals surface area contributed by atoms with E-state index in [0.717, 1.165) is 17.0 Å². The Bertz CT molecular complexity index is 436. The zero-order chi connectivity index (χ0) is 10.7. The molecular formula is C11H12N2OS. The molecule has 0 bridgehead atoms. The molecule has 1 heterocycles. The van der Waals surface area contributed by atoms with Gasteiger partial charge in [0.15, 0.2) is 5.13 Å². The van der Waals surface area contributed by atoms with E-state index in [2.05, 4.69) is 4.98 Å². The monoisotopic (exact) mass is 220 g/mol. The second-order valence-electron chi connectivity index (χ2n) is 3.03. The molecule has 0 fully saturated rings. The van der Waals surface area contributed by atoms with Crippen LogP contribution in [0.5, 0.6) is 5.75 Å². The van der Waals surface area contributed by atoms with Crippen molar-refractivity contribution in [2.45, 2.75) is 6.92 Å². The second kappa shape index (κ2) is 4.31. The number of nitrogens with two attached hydrogens (primary N) is 1. The van der Waals surface area contributed by atoms with Gasteiger partial charge in [0.2, 0.25) is 0 Å². The minimum absolute atomic E-state index is 0.596. The van der Waals surface area contributed by atoms with E-state index in [1.54, 1.807) is 0 Å². The molecule has 1 aromatic carbocycles. The van der Waals surface area contributed by atoms with Crippen LogP contribution in [0.3, 0.4) is 0 Å². The highest BCUT2D eigenvalue weighted by Gasteiger charge is 2.02. The summed E-state index contributed by atoms with van der Waals surface area (Å²) >= 11 is 1.45. The number of rotatable bonds is 3. The Morgan fingerprint density at radius 3 is 2.60 bits per heavy atom. The molecule has 0 atom stereocenters. The molecule has 0 unspecified atom stereocenters. The lowest BCUT2D eigenvalue weighted by Gasteiger charge is -2.02. The van der Waals surface area contributed by atoms with Crippen molar-refractivity contribution in [1.82, 2.24) is 4.98 Å². The first-order valence-corrected chi connectivity index (χ1v) is 5.62. The molecule has 0 saturated carbocycles. The molecule has 0 amide bonds. The van der Waals surface area contributed by atoms with Crippen LogP contribution >= 0.6 is 11.3 Å². The van der Waals surface area contributed by atoms with Crippen molar-refractivity contribution < 1.29 is 4.74 Å². The summed E-state index contributed by atoms with van der Waals surface area (Å²) in [7, 11) is 0. The summed E-state index contributed by atoms with van der Waals surface area (Å²) in [4.78, 5) is 4.21. The molecule has 0 aliphatic carbocycles. The first-order chi connectivity index (χ1) is 7.29. The van der Waals surface area contributed by atoms with Gasteiger partial charge in [0.25, 0.3) is 0 Å². The lowest BCUT2D eigenvalue weighted by molar-refractivity contribution is 0.340. The van der Waals surface area contributed by atoms with Crippen molar-refractivity contribution in [1.29, 1.82) is 0 Å². The molecule has 3 nitrogen and oxygen atoms in total. The van der Waals surface area contributed by atoms with Gasteiger partial charge in [0.1, 0.15) is 5.75 Å². The summed E-state index contributed by atoms with van der Waals surface area (Å²) in [6.07, 6.45) is 0. The number of aromatic nitrogens is 1. The third kappa shape index (κ3) is 2.27. The van der Waals surface area contributed by atoms with Gasteiger partial charge in [-0.2, -0.15) is 0 Å². The molecule has 15 heavy (non-hydrogen) atoms. The van der Waals surface area contributed by atoms with Crippen LogP contribution in [0, 0.1) is 0 Å². The van der Waals surface area contributed by atoms with Crippen LogP contribution in [0.25, 0.3) is 11.3 Å². The van der Waals surface area contributed by atoms with Crippen LogP contribution in [0.1, 0.15) is 6.92 Å². The van der Waals surface area contributed by atoms with Gasteiger partial charge in [-0.3, -0.25) is 0 Å². The predicted molar refractivity (Wildman–Crippen MR) is 63.1 cm³/mol. The SMILES string of the molecule is CCOc1ccc(-c2csc(N)n2)cc1. The minimum Gasteiger partial charge on any atom is -0.494 e. The Hall–Kier alpha value is -1.55. The number of thiazole rings is 1. The molecule has 0 saturated heterocycles. The zero-order valence-electron chi connectivity index (χ0n) is 8.43. The highest BCUT2D eigenvalue weighted by Crippen LogP contribution is 2.24. The maximum atomic E-state index is 5.58. The van der Waals surface area contributed by atoms with Crippen molar-refractivity contribution in [2.75, 3.05) is 12.3 Å². The van der Waals surface area contributed by atoms with Crippen LogP contribution in [-0.2, 0) is 0 Å². The average Bonchev–Trinajstić information content (AvgIpc) is 2.67. The van der Waals surface area contributed by atoms with E-state index in [4.69, 9.17) is 10.5 Å². The fourth-order valence-electron chi connectivity index (χ4n) is 1.31. The van der Waals surface area contributed by atoms with Crippen LogP contribution in [0.15, 0.2) is 29.6 Å². The summed E-state index contributed by atoms with van der Waals surface area (Å²) in [5, 5.41) is 2.55. The van der Waals surface area contributed by atoms with E-state index < -0.39 is 0 Å². The summed E-state index contributed by atoms with van der Waals surface area (Å²) in [5.74, 6) is 0.879. The molecule has 0 aliphatic heterocycles. The van der Waals surface area contributed by atoms with Crippen LogP contribution in [0.4, 0.5) is 5.13 Å². The standard InChI is InChI=1S/C11H12N2OS/c1-2-14-9-5-3-8(4-6-9)10-7-15-11(12)13-10/h3-7H,2H2,1H3,(H2,12,13). The van der Waals surface area contributed by atoms with Gasteiger partial charge >= 0.3 is 0 Å². The van der Waals surface area contributed by atoms with E-state index in [1.807, 2.05) is 36.6 Å². The van der Waals surface area contributed by atoms with Crippen LogP contribution in [0.2, 0.25) is 0 Å². The Labute approximate surface area is 92.5 Å². The quantitative estimate of drug-likeness (QED) is 0.865. The van der Waals surface area contributed by atoms with Gasteiger partial charge in [0, 0.05) is 10.9 Å². The van der Waals surface area contributed by atoms with E-state index in [9.17, 15) is 0 Å². The molecule has 78 valence electrons. The first kappa shape index (κ1) is 9.98. The topological polar surface area (TPSA) is 48.1 Å².